The van der Waals surface area contributed by atoms with E-state index in [-0.39, 0.29) is 36.8 Å². The van der Waals surface area contributed by atoms with E-state index in [1.54, 1.807) is 6.92 Å². The van der Waals surface area contributed by atoms with Crippen LogP contribution in [-0.4, -0.2) is 34.9 Å². The van der Waals surface area contributed by atoms with E-state index in [0.29, 0.717) is 23.9 Å². The topological polar surface area (TPSA) is 72.4 Å². The zero-order chi connectivity index (χ0) is 12.4. The summed E-state index contributed by atoms with van der Waals surface area (Å²) in [7, 11) is 0. The fraction of sp³-hybridized carbons (Fsp3) is 0.667. The summed E-state index contributed by atoms with van der Waals surface area (Å²) in [6.45, 7) is 5.23. The highest BCUT2D eigenvalue weighted by molar-refractivity contribution is 5.92. The monoisotopic (exact) mass is 309 g/mol. The molecule has 1 fully saturated rings. The summed E-state index contributed by atoms with van der Waals surface area (Å²) >= 11 is 0. The van der Waals surface area contributed by atoms with E-state index < -0.39 is 0 Å². The van der Waals surface area contributed by atoms with Gasteiger partial charge < -0.3 is 15.1 Å². The van der Waals surface area contributed by atoms with Crippen LogP contribution in [0.5, 0.6) is 0 Å². The third kappa shape index (κ3) is 3.84. The van der Waals surface area contributed by atoms with Crippen molar-refractivity contribution >= 4 is 30.7 Å². The molecule has 110 valence electrons. The maximum atomic E-state index is 12.3. The van der Waals surface area contributed by atoms with Gasteiger partial charge >= 0.3 is 0 Å². The number of halogens is 2. The lowest BCUT2D eigenvalue weighted by atomic mass is 9.92. The van der Waals surface area contributed by atoms with Crippen LogP contribution in [0.15, 0.2) is 10.8 Å². The number of rotatable bonds is 2. The number of aromatic nitrogens is 1. The van der Waals surface area contributed by atoms with Gasteiger partial charge in [0.05, 0.1) is 5.69 Å². The first kappa shape index (κ1) is 18.2. The molecule has 1 amide bonds. The van der Waals surface area contributed by atoms with Gasteiger partial charge in [-0.15, -0.1) is 24.8 Å². The fourth-order valence-corrected chi connectivity index (χ4v) is 2.38. The summed E-state index contributed by atoms with van der Waals surface area (Å²) in [5.41, 5.74) is 6.39. The molecule has 1 aromatic rings. The Hall–Kier alpha value is -0.780. The number of piperidine rings is 1. The Morgan fingerprint density at radius 3 is 2.79 bits per heavy atom. The first-order chi connectivity index (χ1) is 8.13. The molecular formula is C12H21Cl2N3O2. The van der Waals surface area contributed by atoms with Crippen LogP contribution in [0.25, 0.3) is 0 Å². The number of hydrogen-bond acceptors (Lipinski definition) is 4. The predicted molar refractivity (Wildman–Crippen MR) is 78.0 cm³/mol. The zero-order valence-corrected chi connectivity index (χ0v) is 12.8. The number of nitrogens with two attached hydrogens (primary N) is 1. The second kappa shape index (κ2) is 7.72. The Labute approximate surface area is 125 Å². The summed E-state index contributed by atoms with van der Waals surface area (Å²) in [6, 6.07) is 0.121. The molecule has 1 saturated heterocycles. The minimum Gasteiger partial charge on any atom is -0.438 e. The summed E-state index contributed by atoms with van der Waals surface area (Å²) in [4.78, 5) is 18.1. The smallest absolute Gasteiger partial charge is 0.291 e. The van der Waals surface area contributed by atoms with Gasteiger partial charge in [0, 0.05) is 19.1 Å². The van der Waals surface area contributed by atoms with Crippen LogP contribution in [0.4, 0.5) is 0 Å². The van der Waals surface area contributed by atoms with Gasteiger partial charge in [-0.2, -0.15) is 0 Å². The van der Waals surface area contributed by atoms with E-state index in [1.807, 2.05) is 4.90 Å². The zero-order valence-electron chi connectivity index (χ0n) is 11.2. The van der Waals surface area contributed by atoms with Crippen LogP contribution < -0.4 is 5.73 Å². The molecule has 7 heteroatoms. The standard InChI is InChI=1S/C12H19N3O2.2ClH/c1-8-3-4-15(10(5-8)6-13)12(16)11-9(2)14-7-17-11;;/h7-8,10H,3-6,13H2,1-2H3;2*1H. The number of likely N-dealkylation sites (tertiary alicyclic amines) is 1. The largest absolute Gasteiger partial charge is 0.438 e. The average molecular weight is 310 g/mol. The Bertz CT molecular complexity index is 411. The highest BCUT2D eigenvalue weighted by Crippen LogP contribution is 2.24. The third-order valence-corrected chi connectivity index (χ3v) is 3.45. The van der Waals surface area contributed by atoms with Crippen LogP contribution in [-0.2, 0) is 0 Å². The van der Waals surface area contributed by atoms with Gasteiger partial charge in [0.15, 0.2) is 6.39 Å². The first-order valence-corrected chi connectivity index (χ1v) is 6.04. The van der Waals surface area contributed by atoms with Gasteiger partial charge in [-0.25, -0.2) is 4.98 Å². The normalized spacial score (nSPS) is 22.4. The quantitative estimate of drug-likeness (QED) is 0.907. The highest BCUT2D eigenvalue weighted by Gasteiger charge is 2.31. The summed E-state index contributed by atoms with van der Waals surface area (Å²) in [6.07, 6.45) is 3.30. The van der Waals surface area contributed by atoms with Crippen molar-refractivity contribution in [2.45, 2.75) is 32.7 Å². The molecule has 19 heavy (non-hydrogen) atoms. The van der Waals surface area contributed by atoms with Crippen LogP contribution in [0, 0.1) is 12.8 Å². The van der Waals surface area contributed by atoms with E-state index in [2.05, 4.69) is 11.9 Å². The van der Waals surface area contributed by atoms with E-state index in [9.17, 15) is 4.79 Å². The Kier molecular flexibility index (Phi) is 7.41. The number of aryl methyl sites for hydroxylation is 1. The summed E-state index contributed by atoms with van der Waals surface area (Å²) in [5.74, 6) is 0.892. The molecule has 2 rings (SSSR count). The fourth-order valence-electron chi connectivity index (χ4n) is 2.38. The summed E-state index contributed by atoms with van der Waals surface area (Å²) < 4.78 is 5.16. The average Bonchev–Trinajstić information content (AvgIpc) is 2.74. The van der Waals surface area contributed by atoms with E-state index >= 15 is 0 Å². The number of amides is 1. The highest BCUT2D eigenvalue weighted by atomic mass is 35.5. The van der Waals surface area contributed by atoms with Crippen molar-refractivity contribution in [3.05, 3.63) is 17.8 Å². The van der Waals surface area contributed by atoms with E-state index in [0.717, 1.165) is 19.4 Å². The molecule has 2 atom stereocenters. The van der Waals surface area contributed by atoms with Crippen molar-refractivity contribution < 1.29 is 9.21 Å². The molecule has 0 aliphatic carbocycles. The minimum absolute atomic E-state index is 0. The molecular weight excluding hydrogens is 289 g/mol. The molecule has 0 bridgehead atoms. The molecule has 2 unspecified atom stereocenters. The maximum absolute atomic E-state index is 12.3. The van der Waals surface area contributed by atoms with Crippen molar-refractivity contribution in [3.63, 3.8) is 0 Å². The van der Waals surface area contributed by atoms with Gasteiger partial charge in [-0.1, -0.05) is 6.92 Å². The molecule has 2 N–H and O–H groups in total. The first-order valence-electron chi connectivity index (χ1n) is 6.04. The molecule has 1 aliphatic rings. The van der Waals surface area contributed by atoms with Crippen molar-refractivity contribution in [1.82, 2.24) is 9.88 Å². The second-order valence-corrected chi connectivity index (χ2v) is 4.78. The molecule has 5 nitrogen and oxygen atoms in total. The van der Waals surface area contributed by atoms with Crippen LogP contribution >= 0.6 is 24.8 Å². The van der Waals surface area contributed by atoms with Crippen molar-refractivity contribution in [3.8, 4) is 0 Å². The third-order valence-electron chi connectivity index (χ3n) is 3.45. The predicted octanol–water partition coefficient (Wildman–Crippen LogP) is 2.03. The molecule has 0 saturated carbocycles. The molecule has 0 aromatic carbocycles. The lowest BCUT2D eigenvalue weighted by molar-refractivity contribution is 0.0540. The number of nitrogens with zero attached hydrogens (tertiary/aromatic N) is 2. The molecule has 2 heterocycles. The van der Waals surface area contributed by atoms with Crippen LogP contribution in [0.1, 0.15) is 36.0 Å². The van der Waals surface area contributed by atoms with Crippen LogP contribution in [0.3, 0.4) is 0 Å². The van der Waals surface area contributed by atoms with Crippen LogP contribution in [0.2, 0.25) is 0 Å². The van der Waals surface area contributed by atoms with Gasteiger partial charge in [0.2, 0.25) is 5.76 Å². The molecule has 0 spiro atoms. The number of oxazole rings is 1. The lowest BCUT2D eigenvalue weighted by Crippen LogP contribution is -2.49. The van der Waals surface area contributed by atoms with Crippen molar-refractivity contribution in [2.75, 3.05) is 13.1 Å². The minimum atomic E-state index is -0.0812. The van der Waals surface area contributed by atoms with Gasteiger partial charge in [-0.3, -0.25) is 4.79 Å². The maximum Gasteiger partial charge on any atom is 0.291 e. The van der Waals surface area contributed by atoms with Gasteiger partial charge in [0.1, 0.15) is 0 Å². The Balaban J connectivity index is 0.00000162. The lowest BCUT2D eigenvalue weighted by Gasteiger charge is -2.37. The number of hydrogen-bond donors (Lipinski definition) is 1. The number of carbonyl (C=O) groups is 1. The Morgan fingerprint density at radius 1 is 1.58 bits per heavy atom. The van der Waals surface area contributed by atoms with E-state index in [1.165, 1.54) is 6.39 Å². The SMILES string of the molecule is Cc1ncoc1C(=O)N1CCC(C)CC1CN.Cl.Cl. The molecule has 1 aliphatic heterocycles. The van der Waals surface area contributed by atoms with Crippen molar-refractivity contribution in [2.24, 2.45) is 11.7 Å². The van der Waals surface area contributed by atoms with Crippen molar-refractivity contribution in [1.29, 1.82) is 0 Å². The van der Waals surface area contributed by atoms with E-state index in [4.69, 9.17) is 10.2 Å². The number of carbonyl (C=O) groups excluding carboxylic acids is 1. The molecule has 0 radical (unpaired) electrons. The molecule has 1 aromatic heterocycles. The second-order valence-electron chi connectivity index (χ2n) is 4.78. The Morgan fingerprint density at radius 2 is 2.26 bits per heavy atom. The summed E-state index contributed by atoms with van der Waals surface area (Å²) in [5, 5.41) is 0. The van der Waals surface area contributed by atoms with Gasteiger partial charge in [0.25, 0.3) is 5.91 Å². The van der Waals surface area contributed by atoms with Gasteiger partial charge in [-0.05, 0) is 25.7 Å².